The molecule has 0 atom stereocenters. The highest BCUT2D eigenvalue weighted by Gasteiger charge is 1.41. The van der Waals surface area contributed by atoms with Gasteiger partial charge in [0.05, 0.1) is 0 Å². The van der Waals surface area contributed by atoms with Crippen LogP contribution in [0.2, 0.25) is 0 Å². The van der Waals surface area contributed by atoms with E-state index in [1.807, 2.05) is 0 Å². The molecule has 0 nitrogen and oxygen atoms in total. The second-order valence-corrected chi connectivity index (χ2v) is 33.1. The van der Waals surface area contributed by atoms with Gasteiger partial charge in [0.2, 0.25) is 0 Å². The van der Waals surface area contributed by atoms with Gasteiger partial charge in [-0.2, -0.15) is 0 Å². The van der Waals surface area contributed by atoms with Gasteiger partial charge >= 0.3 is 0 Å². The van der Waals surface area contributed by atoms with E-state index in [1.165, 1.54) is 17.8 Å². The molecule has 0 aliphatic rings. The molecule has 0 aromatic heterocycles. The lowest BCUT2D eigenvalue weighted by molar-refractivity contribution is 5.97. The molecule has 0 bridgehead atoms. The fourth-order valence-corrected chi connectivity index (χ4v) is 44.1. The zero-order chi connectivity index (χ0) is 14.7. The van der Waals surface area contributed by atoms with E-state index in [2.05, 4.69) is 0 Å². The summed E-state index contributed by atoms with van der Waals surface area (Å²) in [5.74, 6) is 0. The van der Waals surface area contributed by atoms with Crippen LogP contribution in [0, 0.1) is 0 Å². The number of hydrogen-bond acceptors (Lipinski definition) is 2. The van der Waals surface area contributed by atoms with Crippen molar-refractivity contribution in [2.24, 2.45) is 0 Å². The third-order valence-corrected chi connectivity index (χ3v) is 38.2. The summed E-state index contributed by atoms with van der Waals surface area (Å²) in [6.07, 6.45) is 0. The molecule has 20 heteroatoms. The molecule has 0 aromatic carbocycles. The number of hydrogen-bond donors (Lipinski definition) is 0. The first kappa shape index (κ1) is 24.4. The summed E-state index contributed by atoms with van der Waals surface area (Å²) >= 11 is 9.51. The summed E-state index contributed by atoms with van der Waals surface area (Å²) in [7, 11) is 30.8. The Morgan fingerprint density at radius 2 is 0.400 bits per heavy atom. The summed E-state index contributed by atoms with van der Waals surface area (Å²) < 4.78 is 0. The first-order valence-corrected chi connectivity index (χ1v) is 28.5. The SMILES string of the molecule is S=S=S=S=S=S=S=S=S=S=S=S=S=S=S=S=S=S=S=S. The molecule has 0 fully saturated rings. The minimum absolute atomic E-state index is 1.37. The van der Waals surface area contributed by atoms with Crippen LogP contribution in [0.3, 0.4) is 0 Å². The van der Waals surface area contributed by atoms with Crippen LogP contribution in [0.4, 0.5) is 0 Å². The highest BCUT2D eigenvalue weighted by atomic mass is 33.5. The topological polar surface area (TPSA) is 0 Å². The molecule has 0 aliphatic heterocycles. The van der Waals surface area contributed by atoms with Crippen molar-refractivity contribution < 1.29 is 0 Å². The number of rotatable bonds is 0. The third-order valence-electron chi connectivity index (χ3n) is 0.472. The van der Waals surface area contributed by atoms with Crippen LogP contribution in [0.1, 0.15) is 0 Å². The van der Waals surface area contributed by atoms with E-state index in [9.17, 15) is 0 Å². The summed E-state index contributed by atoms with van der Waals surface area (Å²) in [5, 5.41) is 0. The van der Waals surface area contributed by atoms with E-state index in [0.717, 1.165) is 0 Å². The van der Waals surface area contributed by atoms with Gasteiger partial charge in [0, 0.05) is 182 Å². The molecule has 0 radical (unpaired) electrons. The van der Waals surface area contributed by atoms with Crippen LogP contribution in [-0.4, -0.2) is 0 Å². The molecular formula is S20. The average Bonchev–Trinajstić information content (AvgIpc) is 2.47. The van der Waals surface area contributed by atoms with Crippen molar-refractivity contribution >= 4 is 182 Å². The van der Waals surface area contributed by atoms with Gasteiger partial charge in [-0.15, -0.1) is 0 Å². The Bertz CT molecular complexity index is 950. The van der Waals surface area contributed by atoms with Gasteiger partial charge in [0.1, 0.15) is 0 Å². The van der Waals surface area contributed by atoms with Crippen LogP contribution in [0.15, 0.2) is 0 Å². The molecule has 0 unspecified atom stereocenters. The molecule has 0 aromatic rings. The molecule has 0 rings (SSSR count). The molecule has 0 saturated carbocycles. The molecular weight excluding hydrogens is 641 g/mol. The molecule has 0 N–H and O–H groups in total. The van der Waals surface area contributed by atoms with Crippen molar-refractivity contribution in [1.29, 1.82) is 0 Å². The van der Waals surface area contributed by atoms with E-state index in [-0.39, 0.29) is 0 Å². The van der Waals surface area contributed by atoms with Crippen LogP contribution in [0.25, 0.3) is 0 Å². The Morgan fingerprint density at radius 1 is 0.250 bits per heavy atom. The zero-order valence-corrected chi connectivity index (χ0v) is 24.5. The van der Waals surface area contributed by atoms with Gasteiger partial charge in [0.25, 0.3) is 0 Å². The third kappa shape index (κ3) is 22.4. The molecule has 0 saturated heterocycles. The van der Waals surface area contributed by atoms with E-state index < -0.39 is 0 Å². The van der Waals surface area contributed by atoms with Crippen molar-refractivity contribution in [3.8, 4) is 0 Å². The van der Waals surface area contributed by atoms with Crippen molar-refractivity contribution in [1.82, 2.24) is 0 Å². The van der Waals surface area contributed by atoms with Crippen molar-refractivity contribution in [2.75, 3.05) is 0 Å². The Labute approximate surface area is 178 Å². The van der Waals surface area contributed by atoms with Gasteiger partial charge in [-0.05, 0) is 0 Å². The summed E-state index contributed by atoms with van der Waals surface area (Å²) in [6.45, 7) is 0. The van der Waals surface area contributed by atoms with Crippen molar-refractivity contribution in [3.05, 3.63) is 0 Å². The van der Waals surface area contributed by atoms with Crippen LogP contribution < -0.4 is 0 Å². The Balaban J connectivity index is 5.78. The summed E-state index contributed by atoms with van der Waals surface area (Å²) in [4.78, 5) is 0. The normalized spacial score (nSPS) is 7.40. The zero-order valence-electron chi connectivity index (χ0n) is 8.16. The second kappa shape index (κ2) is 23.4. The van der Waals surface area contributed by atoms with Gasteiger partial charge in [-0.1, -0.05) is 0 Å². The lowest BCUT2D eigenvalue weighted by Crippen LogP contribution is -1.40. The summed E-state index contributed by atoms with van der Waals surface area (Å²) in [5.41, 5.74) is 0. The maximum Gasteiger partial charge on any atom is 0 e. The fourth-order valence-electron chi connectivity index (χ4n) is 0.181. The quantitative estimate of drug-likeness (QED) is 0.365. The predicted octanol–water partition coefficient (Wildman–Crippen LogP) is -0.0480. The average molecular weight is 641 g/mol. The molecule has 0 aliphatic carbocycles. The fraction of sp³-hybridized carbons (Fsp3) is 0. The van der Waals surface area contributed by atoms with Crippen LogP contribution in [-0.2, 0) is 182 Å². The molecule has 120 valence electrons. The molecule has 0 amide bonds. The molecule has 0 spiro atoms. The molecule has 20 heavy (non-hydrogen) atoms. The lowest BCUT2D eigenvalue weighted by atomic mass is 30.7. The minimum atomic E-state index is 1.37. The van der Waals surface area contributed by atoms with E-state index in [1.54, 1.807) is 142 Å². The van der Waals surface area contributed by atoms with Crippen molar-refractivity contribution in [2.45, 2.75) is 0 Å². The predicted molar refractivity (Wildman–Crippen MR) is 147 cm³/mol. The summed E-state index contributed by atoms with van der Waals surface area (Å²) in [6, 6.07) is 0. The highest BCUT2D eigenvalue weighted by Crippen LogP contribution is 1.41. The Hall–Kier alpha value is 4.40. The van der Waals surface area contributed by atoms with Crippen molar-refractivity contribution in [3.63, 3.8) is 0 Å². The van der Waals surface area contributed by atoms with E-state index >= 15 is 0 Å². The minimum Gasteiger partial charge on any atom is 0 e. The smallest absolute Gasteiger partial charge is 0 e. The van der Waals surface area contributed by atoms with E-state index in [4.69, 9.17) is 22.4 Å². The first-order valence-electron chi connectivity index (χ1n) is 3.17. The van der Waals surface area contributed by atoms with Gasteiger partial charge in [-0.3, -0.25) is 0 Å². The molecule has 0 heterocycles. The maximum absolute atomic E-state index is 4.76. The largest absolute Gasteiger partial charge is 0 e. The van der Waals surface area contributed by atoms with Gasteiger partial charge in [0.15, 0.2) is 0 Å². The van der Waals surface area contributed by atoms with Gasteiger partial charge in [-0.25, -0.2) is 0 Å². The second-order valence-electron chi connectivity index (χ2n) is 1.22. The first-order chi connectivity index (χ1) is 9.91. The van der Waals surface area contributed by atoms with E-state index in [0.29, 0.717) is 0 Å². The lowest BCUT2D eigenvalue weighted by Gasteiger charge is -1.40. The Morgan fingerprint density at radius 3 is 0.550 bits per heavy atom. The highest BCUT2D eigenvalue weighted by molar-refractivity contribution is 8.78. The Kier molecular flexibility index (Phi) is 28.5. The standard InChI is InChI=1S/S20/c1-3-5-7-9-11-13-15-17-19-20-18-16-14-12-10-8-6-4-2. The monoisotopic (exact) mass is 639 g/mol. The maximum atomic E-state index is 4.76. The van der Waals surface area contributed by atoms with Crippen LogP contribution >= 0.6 is 0 Å². The van der Waals surface area contributed by atoms with Gasteiger partial charge < -0.3 is 0 Å². The van der Waals surface area contributed by atoms with Crippen LogP contribution in [0.5, 0.6) is 0 Å².